The van der Waals surface area contributed by atoms with E-state index in [4.69, 9.17) is 11.6 Å². The Bertz CT molecular complexity index is 270. The van der Waals surface area contributed by atoms with E-state index >= 15 is 0 Å². The van der Waals surface area contributed by atoms with Crippen molar-refractivity contribution in [2.45, 2.75) is 24.8 Å². The molecule has 1 aliphatic rings. The predicted octanol–water partition coefficient (Wildman–Crippen LogP) is 2.08. The van der Waals surface area contributed by atoms with Gasteiger partial charge in [0.1, 0.15) is 12.2 Å². The molecule has 0 unspecified atom stereocenters. The molecule has 1 aliphatic heterocycles. The Balaban J connectivity index is 2.13. The third-order valence-electron chi connectivity index (χ3n) is 2.35. The molecule has 0 saturated carbocycles. The molecule has 0 N–H and O–H groups in total. The summed E-state index contributed by atoms with van der Waals surface area (Å²) in [6.07, 6.45) is 4.23. The molecule has 1 fully saturated rings. The number of hydrogen-bond donors (Lipinski definition) is 0. The zero-order valence-corrected chi connectivity index (χ0v) is 8.89. The van der Waals surface area contributed by atoms with Gasteiger partial charge in [-0.1, -0.05) is 0 Å². The smallest absolute Gasteiger partial charge is 0.148 e. The summed E-state index contributed by atoms with van der Waals surface area (Å²) in [5.41, 5.74) is 0. The van der Waals surface area contributed by atoms with Crippen molar-refractivity contribution >= 4 is 23.4 Å². The summed E-state index contributed by atoms with van der Waals surface area (Å²) in [6.45, 7) is 0. The SMILES string of the molecule is ClCc1nncn1C1CCSCC1. The fourth-order valence-corrected chi connectivity index (χ4v) is 2.90. The van der Waals surface area contributed by atoms with E-state index in [-0.39, 0.29) is 0 Å². The van der Waals surface area contributed by atoms with E-state index in [9.17, 15) is 0 Å². The highest BCUT2D eigenvalue weighted by atomic mass is 35.5. The van der Waals surface area contributed by atoms with Crippen molar-refractivity contribution in [1.82, 2.24) is 14.8 Å². The fraction of sp³-hybridized carbons (Fsp3) is 0.750. The average molecular weight is 218 g/mol. The Labute approximate surface area is 86.9 Å². The van der Waals surface area contributed by atoms with Crippen LogP contribution in [0.3, 0.4) is 0 Å². The fourth-order valence-electron chi connectivity index (χ4n) is 1.63. The Morgan fingerprint density at radius 1 is 1.54 bits per heavy atom. The largest absolute Gasteiger partial charge is 0.313 e. The van der Waals surface area contributed by atoms with Crippen molar-refractivity contribution in [2.24, 2.45) is 0 Å². The summed E-state index contributed by atoms with van der Waals surface area (Å²) in [6, 6.07) is 0.574. The molecule has 5 heteroatoms. The molecule has 13 heavy (non-hydrogen) atoms. The molecule has 0 aromatic carbocycles. The molecule has 0 aliphatic carbocycles. The van der Waals surface area contributed by atoms with Crippen molar-refractivity contribution in [3.8, 4) is 0 Å². The van der Waals surface area contributed by atoms with Crippen molar-refractivity contribution in [3.63, 3.8) is 0 Å². The lowest BCUT2D eigenvalue weighted by atomic mass is 10.1. The average Bonchev–Trinajstić information content (AvgIpc) is 2.67. The number of aromatic nitrogens is 3. The molecule has 0 atom stereocenters. The van der Waals surface area contributed by atoms with E-state index in [1.807, 2.05) is 11.8 Å². The number of thioether (sulfide) groups is 1. The van der Waals surface area contributed by atoms with Gasteiger partial charge < -0.3 is 4.57 Å². The molecule has 2 rings (SSSR count). The van der Waals surface area contributed by atoms with Crippen LogP contribution in [0.2, 0.25) is 0 Å². The van der Waals surface area contributed by atoms with Crippen molar-refractivity contribution in [2.75, 3.05) is 11.5 Å². The summed E-state index contributed by atoms with van der Waals surface area (Å²) < 4.78 is 2.13. The molecular weight excluding hydrogens is 206 g/mol. The maximum absolute atomic E-state index is 5.76. The standard InChI is InChI=1S/C8H12ClN3S/c9-5-8-11-10-6-12(8)7-1-3-13-4-2-7/h6-7H,1-5H2. The first kappa shape index (κ1) is 9.34. The van der Waals surface area contributed by atoms with Crippen molar-refractivity contribution < 1.29 is 0 Å². The van der Waals surface area contributed by atoms with Gasteiger partial charge in [-0.05, 0) is 24.3 Å². The van der Waals surface area contributed by atoms with Gasteiger partial charge in [-0.2, -0.15) is 11.8 Å². The number of hydrogen-bond acceptors (Lipinski definition) is 3. The number of rotatable bonds is 2. The lowest BCUT2D eigenvalue weighted by molar-refractivity contribution is 0.457. The van der Waals surface area contributed by atoms with Crippen LogP contribution < -0.4 is 0 Å². The molecule has 0 amide bonds. The van der Waals surface area contributed by atoms with Gasteiger partial charge in [0.25, 0.3) is 0 Å². The summed E-state index contributed by atoms with van der Waals surface area (Å²) in [7, 11) is 0. The van der Waals surface area contributed by atoms with Gasteiger partial charge in [0.05, 0.1) is 5.88 Å². The van der Waals surface area contributed by atoms with E-state index in [0.29, 0.717) is 11.9 Å². The van der Waals surface area contributed by atoms with Gasteiger partial charge in [-0.3, -0.25) is 0 Å². The van der Waals surface area contributed by atoms with Gasteiger partial charge in [0.15, 0.2) is 0 Å². The normalized spacial score (nSPS) is 19.2. The van der Waals surface area contributed by atoms with Crippen LogP contribution in [0.1, 0.15) is 24.7 Å². The zero-order valence-electron chi connectivity index (χ0n) is 7.32. The Kier molecular flexibility index (Phi) is 3.11. The third-order valence-corrected chi connectivity index (χ3v) is 3.64. The van der Waals surface area contributed by atoms with E-state index in [0.717, 1.165) is 5.82 Å². The maximum atomic E-state index is 5.76. The Morgan fingerprint density at radius 2 is 2.31 bits per heavy atom. The van der Waals surface area contributed by atoms with Gasteiger partial charge >= 0.3 is 0 Å². The third kappa shape index (κ3) is 1.99. The lowest BCUT2D eigenvalue weighted by Crippen LogP contribution is -2.16. The maximum Gasteiger partial charge on any atom is 0.148 e. The van der Waals surface area contributed by atoms with Crippen LogP contribution in [0.25, 0.3) is 0 Å². The van der Waals surface area contributed by atoms with Gasteiger partial charge in [0, 0.05) is 6.04 Å². The minimum atomic E-state index is 0.462. The van der Waals surface area contributed by atoms with Gasteiger partial charge in [-0.15, -0.1) is 21.8 Å². The first-order chi connectivity index (χ1) is 6.42. The second-order valence-corrected chi connectivity index (χ2v) is 4.62. The molecule has 3 nitrogen and oxygen atoms in total. The van der Waals surface area contributed by atoms with Crippen LogP contribution in [-0.4, -0.2) is 26.3 Å². The lowest BCUT2D eigenvalue weighted by Gasteiger charge is -2.23. The number of halogens is 1. The van der Waals surface area contributed by atoms with E-state index in [2.05, 4.69) is 14.8 Å². The second kappa shape index (κ2) is 4.33. The summed E-state index contributed by atoms with van der Waals surface area (Å²) >= 11 is 7.79. The number of alkyl halides is 1. The minimum Gasteiger partial charge on any atom is -0.313 e. The van der Waals surface area contributed by atoms with Crippen LogP contribution >= 0.6 is 23.4 Å². The summed E-state index contributed by atoms with van der Waals surface area (Å²) in [5, 5.41) is 7.87. The quantitative estimate of drug-likeness (QED) is 0.711. The highest BCUT2D eigenvalue weighted by Gasteiger charge is 2.17. The molecule has 1 aromatic rings. The minimum absolute atomic E-state index is 0.462. The summed E-state index contributed by atoms with van der Waals surface area (Å²) in [4.78, 5) is 0. The Hall–Kier alpha value is -0.220. The molecule has 1 saturated heterocycles. The monoisotopic (exact) mass is 217 g/mol. The Morgan fingerprint density at radius 3 is 3.00 bits per heavy atom. The van der Waals surface area contributed by atoms with Gasteiger partial charge in [-0.25, -0.2) is 0 Å². The topological polar surface area (TPSA) is 30.7 Å². The zero-order chi connectivity index (χ0) is 9.10. The van der Waals surface area contributed by atoms with Crippen LogP contribution in [0.5, 0.6) is 0 Å². The first-order valence-corrected chi connectivity index (χ1v) is 6.13. The van der Waals surface area contributed by atoms with Crippen LogP contribution in [0.15, 0.2) is 6.33 Å². The van der Waals surface area contributed by atoms with Crippen LogP contribution in [0.4, 0.5) is 0 Å². The van der Waals surface area contributed by atoms with Crippen LogP contribution in [0, 0.1) is 0 Å². The van der Waals surface area contributed by atoms with Crippen molar-refractivity contribution in [1.29, 1.82) is 0 Å². The second-order valence-electron chi connectivity index (χ2n) is 3.13. The van der Waals surface area contributed by atoms with Crippen molar-refractivity contribution in [3.05, 3.63) is 12.2 Å². The summed E-state index contributed by atoms with van der Waals surface area (Å²) in [5.74, 6) is 3.84. The molecule has 1 aromatic heterocycles. The molecule has 0 spiro atoms. The van der Waals surface area contributed by atoms with E-state index < -0.39 is 0 Å². The molecule has 2 heterocycles. The molecule has 0 radical (unpaired) electrons. The number of nitrogens with zero attached hydrogens (tertiary/aromatic N) is 3. The molecule has 0 bridgehead atoms. The van der Waals surface area contributed by atoms with Crippen LogP contribution in [-0.2, 0) is 5.88 Å². The molecular formula is C8H12ClN3S. The molecule has 72 valence electrons. The highest BCUT2D eigenvalue weighted by Crippen LogP contribution is 2.27. The van der Waals surface area contributed by atoms with E-state index in [1.165, 1.54) is 24.3 Å². The van der Waals surface area contributed by atoms with Gasteiger partial charge in [0.2, 0.25) is 0 Å². The first-order valence-electron chi connectivity index (χ1n) is 4.44. The highest BCUT2D eigenvalue weighted by molar-refractivity contribution is 7.99. The predicted molar refractivity (Wildman–Crippen MR) is 55.2 cm³/mol. The van der Waals surface area contributed by atoms with E-state index in [1.54, 1.807) is 6.33 Å².